The molecule has 0 radical (unpaired) electrons. The van der Waals surface area contributed by atoms with Gasteiger partial charge in [-0.25, -0.2) is 4.98 Å². The van der Waals surface area contributed by atoms with E-state index in [1.54, 1.807) is 24.3 Å². The molecule has 0 aliphatic carbocycles. The number of ether oxygens (including phenoxy) is 1. The predicted molar refractivity (Wildman–Crippen MR) is 60.8 cm³/mol. The van der Waals surface area contributed by atoms with E-state index < -0.39 is 0 Å². The summed E-state index contributed by atoms with van der Waals surface area (Å²) < 4.78 is 7.51. The molecule has 4 nitrogen and oxygen atoms in total. The van der Waals surface area contributed by atoms with E-state index in [2.05, 4.69) is 4.98 Å². The maximum atomic E-state index is 9.32. The van der Waals surface area contributed by atoms with E-state index in [9.17, 15) is 5.11 Å². The second-order valence-electron chi connectivity index (χ2n) is 3.55. The second-order valence-corrected chi connectivity index (χ2v) is 3.55. The maximum Gasteiger partial charge on any atom is 0.302 e. The fourth-order valence-corrected chi connectivity index (χ4v) is 1.49. The van der Waals surface area contributed by atoms with Gasteiger partial charge in [0.25, 0.3) is 0 Å². The summed E-state index contributed by atoms with van der Waals surface area (Å²) >= 11 is 0. The number of hydrogen-bond donors (Lipinski definition) is 1. The lowest BCUT2D eigenvalue weighted by atomic mass is 10.3. The van der Waals surface area contributed by atoms with Gasteiger partial charge >= 0.3 is 6.01 Å². The van der Waals surface area contributed by atoms with Crippen LogP contribution in [0, 0.1) is 6.92 Å². The van der Waals surface area contributed by atoms with Gasteiger partial charge in [0.05, 0.1) is 5.69 Å². The van der Waals surface area contributed by atoms with Crippen molar-refractivity contribution in [2.45, 2.75) is 20.4 Å². The molecule has 0 saturated carbocycles. The zero-order chi connectivity index (χ0) is 11.5. The van der Waals surface area contributed by atoms with Gasteiger partial charge in [-0.15, -0.1) is 0 Å². The van der Waals surface area contributed by atoms with Crippen molar-refractivity contribution in [3.8, 4) is 17.5 Å². The summed E-state index contributed by atoms with van der Waals surface area (Å²) in [5, 5.41) is 9.32. The topological polar surface area (TPSA) is 47.3 Å². The fourth-order valence-electron chi connectivity index (χ4n) is 1.49. The van der Waals surface area contributed by atoms with Gasteiger partial charge in [-0.05, 0) is 26.0 Å². The first kappa shape index (κ1) is 10.5. The van der Waals surface area contributed by atoms with Gasteiger partial charge in [0.2, 0.25) is 0 Å². The number of aromatic nitrogens is 2. The van der Waals surface area contributed by atoms with Crippen LogP contribution in [0.5, 0.6) is 17.5 Å². The van der Waals surface area contributed by atoms with Crippen LogP contribution in [0.15, 0.2) is 30.5 Å². The van der Waals surface area contributed by atoms with Crippen LogP contribution in [0.3, 0.4) is 0 Å². The summed E-state index contributed by atoms with van der Waals surface area (Å²) in [4.78, 5) is 4.27. The third-order valence-corrected chi connectivity index (χ3v) is 2.23. The van der Waals surface area contributed by atoms with E-state index in [0.717, 1.165) is 12.2 Å². The number of hydrogen-bond acceptors (Lipinski definition) is 3. The molecule has 0 unspecified atom stereocenters. The molecule has 0 amide bonds. The first-order valence-corrected chi connectivity index (χ1v) is 5.19. The molecule has 2 aromatic rings. The van der Waals surface area contributed by atoms with Crippen LogP contribution in [-0.2, 0) is 6.54 Å². The fraction of sp³-hybridized carbons (Fsp3) is 0.250. The van der Waals surface area contributed by atoms with E-state index in [-0.39, 0.29) is 5.75 Å². The van der Waals surface area contributed by atoms with Gasteiger partial charge in [-0.2, -0.15) is 0 Å². The highest BCUT2D eigenvalue weighted by molar-refractivity contribution is 5.33. The molecule has 0 fully saturated rings. The summed E-state index contributed by atoms with van der Waals surface area (Å²) in [5.41, 5.74) is 0.914. The number of rotatable bonds is 3. The minimum atomic E-state index is 0.184. The first-order chi connectivity index (χ1) is 7.69. The van der Waals surface area contributed by atoms with Crippen LogP contribution >= 0.6 is 0 Å². The van der Waals surface area contributed by atoms with Crippen LogP contribution in [0.2, 0.25) is 0 Å². The summed E-state index contributed by atoms with van der Waals surface area (Å²) in [6.07, 6.45) is 1.93. The molecular formula is C12H14N2O2. The number of benzene rings is 1. The number of aromatic hydroxyl groups is 1. The van der Waals surface area contributed by atoms with Gasteiger partial charge in [0, 0.05) is 18.8 Å². The van der Waals surface area contributed by atoms with Crippen LogP contribution in [0.4, 0.5) is 0 Å². The Balaban J connectivity index is 2.26. The predicted octanol–water partition coefficient (Wildman–Crippen LogP) is 2.71. The molecule has 2 rings (SSSR count). The molecule has 1 aromatic heterocycles. The van der Waals surface area contributed by atoms with Gasteiger partial charge in [0.15, 0.2) is 0 Å². The number of phenols is 1. The number of phenolic OH excluding ortho intramolecular Hbond substituents is 1. The van der Waals surface area contributed by atoms with E-state index >= 15 is 0 Å². The molecule has 0 aliphatic heterocycles. The highest BCUT2D eigenvalue weighted by Crippen LogP contribution is 2.23. The minimum absolute atomic E-state index is 0.184. The molecule has 16 heavy (non-hydrogen) atoms. The van der Waals surface area contributed by atoms with Gasteiger partial charge in [-0.1, -0.05) is 6.07 Å². The average Bonchev–Trinajstić information content (AvgIpc) is 2.59. The molecule has 4 heteroatoms. The van der Waals surface area contributed by atoms with Crippen molar-refractivity contribution in [1.82, 2.24) is 9.55 Å². The van der Waals surface area contributed by atoms with Crippen molar-refractivity contribution < 1.29 is 9.84 Å². The molecule has 1 aromatic carbocycles. The van der Waals surface area contributed by atoms with E-state index in [4.69, 9.17) is 4.74 Å². The minimum Gasteiger partial charge on any atom is -0.508 e. The van der Waals surface area contributed by atoms with Crippen molar-refractivity contribution in [2.75, 3.05) is 0 Å². The lowest BCUT2D eigenvalue weighted by molar-refractivity contribution is 0.409. The zero-order valence-electron chi connectivity index (χ0n) is 9.34. The first-order valence-electron chi connectivity index (χ1n) is 5.19. The molecular weight excluding hydrogens is 204 g/mol. The van der Waals surface area contributed by atoms with E-state index in [1.165, 1.54) is 0 Å². The standard InChI is InChI=1S/C12H14N2O2/c1-3-14-8-9(2)13-12(14)16-11-6-4-5-10(15)7-11/h4-8,15H,3H2,1-2H3. The quantitative estimate of drug-likeness (QED) is 0.861. The van der Waals surface area contributed by atoms with E-state index in [0.29, 0.717) is 11.8 Å². The van der Waals surface area contributed by atoms with Crippen molar-refractivity contribution in [2.24, 2.45) is 0 Å². The van der Waals surface area contributed by atoms with Crippen molar-refractivity contribution in [3.63, 3.8) is 0 Å². The smallest absolute Gasteiger partial charge is 0.302 e. The average molecular weight is 218 g/mol. The number of aryl methyl sites for hydroxylation is 2. The van der Waals surface area contributed by atoms with Gasteiger partial charge in [-0.3, -0.25) is 0 Å². The molecule has 0 saturated heterocycles. The molecule has 84 valence electrons. The molecule has 0 aliphatic rings. The largest absolute Gasteiger partial charge is 0.508 e. The number of imidazole rings is 1. The Morgan fingerprint density at radius 1 is 1.44 bits per heavy atom. The summed E-state index contributed by atoms with van der Waals surface area (Å²) in [6.45, 7) is 4.74. The third kappa shape index (κ3) is 2.16. The number of nitrogens with zero attached hydrogens (tertiary/aromatic N) is 2. The van der Waals surface area contributed by atoms with Gasteiger partial charge in [0.1, 0.15) is 11.5 Å². The van der Waals surface area contributed by atoms with E-state index in [1.807, 2.05) is 24.6 Å². The molecule has 0 spiro atoms. The normalized spacial score (nSPS) is 10.4. The van der Waals surface area contributed by atoms with Crippen LogP contribution < -0.4 is 4.74 Å². The SMILES string of the molecule is CCn1cc(C)nc1Oc1cccc(O)c1. The summed E-state index contributed by atoms with van der Waals surface area (Å²) in [5.74, 6) is 0.768. The zero-order valence-corrected chi connectivity index (χ0v) is 9.34. The lowest BCUT2D eigenvalue weighted by Gasteiger charge is -2.06. The second kappa shape index (κ2) is 4.26. The highest BCUT2D eigenvalue weighted by atomic mass is 16.5. The summed E-state index contributed by atoms with van der Waals surface area (Å²) in [6, 6.07) is 7.22. The van der Waals surface area contributed by atoms with Crippen molar-refractivity contribution in [1.29, 1.82) is 0 Å². The molecule has 1 heterocycles. The Kier molecular flexibility index (Phi) is 2.81. The molecule has 0 bridgehead atoms. The Hall–Kier alpha value is -1.97. The van der Waals surface area contributed by atoms with Crippen molar-refractivity contribution >= 4 is 0 Å². The lowest BCUT2D eigenvalue weighted by Crippen LogP contribution is -1.96. The molecule has 0 atom stereocenters. The Morgan fingerprint density at radius 2 is 2.25 bits per heavy atom. The van der Waals surface area contributed by atoms with Crippen LogP contribution in [-0.4, -0.2) is 14.7 Å². The highest BCUT2D eigenvalue weighted by Gasteiger charge is 2.06. The monoisotopic (exact) mass is 218 g/mol. The third-order valence-electron chi connectivity index (χ3n) is 2.23. The van der Waals surface area contributed by atoms with Gasteiger partial charge < -0.3 is 14.4 Å². The van der Waals surface area contributed by atoms with Crippen LogP contribution in [0.1, 0.15) is 12.6 Å². The van der Waals surface area contributed by atoms with Crippen LogP contribution in [0.25, 0.3) is 0 Å². The Bertz CT molecular complexity index is 492. The maximum absolute atomic E-state index is 9.32. The Labute approximate surface area is 94.1 Å². The summed E-state index contributed by atoms with van der Waals surface area (Å²) in [7, 11) is 0. The van der Waals surface area contributed by atoms with Crippen molar-refractivity contribution in [3.05, 3.63) is 36.2 Å². The molecule has 1 N–H and O–H groups in total. The Morgan fingerprint density at radius 3 is 2.94 bits per heavy atom.